The highest BCUT2D eigenvalue weighted by Crippen LogP contribution is 2.21. The highest BCUT2D eigenvalue weighted by Gasteiger charge is 2.10. The molecule has 0 bridgehead atoms. The molecule has 3 aromatic rings. The smallest absolute Gasteiger partial charge is 0.331 e. The molecule has 1 aromatic carbocycles. The van der Waals surface area contributed by atoms with E-state index in [9.17, 15) is 4.79 Å². The third-order valence-corrected chi connectivity index (χ3v) is 3.71. The number of carbonyl (C=O) groups excluding carboxylic acids is 1. The van der Waals surface area contributed by atoms with Gasteiger partial charge >= 0.3 is 5.97 Å². The van der Waals surface area contributed by atoms with Gasteiger partial charge in [-0.25, -0.2) is 4.79 Å². The summed E-state index contributed by atoms with van der Waals surface area (Å²) >= 11 is 3.41. The van der Waals surface area contributed by atoms with E-state index >= 15 is 0 Å². The van der Waals surface area contributed by atoms with Crippen LogP contribution in [0.25, 0.3) is 17.6 Å². The Labute approximate surface area is 140 Å². The number of benzene rings is 1. The molecule has 2 heterocycles. The molecule has 23 heavy (non-hydrogen) atoms. The summed E-state index contributed by atoms with van der Waals surface area (Å²) in [5.74, 6) is 0.608. The van der Waals surface area contributed by atoms with Gasteiger partial charge in [0.05, 0.1) is 6.26 Å². The minimum Gasteiger partial charge on any atom is -0.461 e. The first-order valence-corrected chi connectivity index (χ1v) is 7.60. The van der Waals surface area contributed by atoms with Crippen molar-refractivity contribution in [2.75, 3.05) is 0 Å². The maximum absolute atomic E-state index is 11.7. The number of halogens is 1. The Morgan fingerprint density at radius 2 is 2.09 bits per heavy atom. The van der Waals surface area contributed by atoms with E-state index in [2.05, 4.69) is 21.1 Å². The second kappa shape index (κ2) is 7.11. The van der Waals surface area contributed by atoms with Gasteiger partial charge in [-0.05, 0) is 29.8 Å². The van der Waals surface area contributed by atoms with Crippen LogP contribution < -0.4 is 0 Å². The van der Waals surface area contributed by atoms with Crippen LogP contribution in [0.3, 0.4) is 0 Å². The minimum absolute atomic E-state index is 0.0311. The molecule has 0 saturated heterocycles. The predicted octanol–water partition coefficient (Wildman–Crippen LogP) is 4.45. The maximum Gasteiger partial charge on any atom is 0.331 e. The van der Waals surface area contributed by atoms with Gasteiger partial charge in [0.2, 0.25) is 5.76 Å². The Hall–Kier alpha value is -2.60. The van der Waals surface area contributed by atoms with Crippen LogP contribution in [0.5, 0.6) is 0 Å². The van der Waals surface area contributed by atoms with Gasteiger partial charge in [-0.1, -0.05) is 39.3 Å². The van der Waals surface area contributed by atoms with Gasteiger partial charge in [-0.15, -0.1) is 0 Å². The van der Waals surface area contributed by atoms with Gasteiger partial charge in [0, 0.05) is 16.6 Å². The lowest BCUT2D eigenvalue weighted by Gasteiger charge is -1.99. The average molecular weight is 374 g/mol. The second-order valence-corrected chi connectivity index (χ2v) is 5.48. The van der Waals surface area contributed by atoms with Crippen molar-refractivity contribution >= 4 is 28.0 Å². The fraction of sp³-hybridized carbons (Fsp3) is 0.0588. The Morgan fingerprint density at radius 1 is 1.22 bits per heavy atom. The van der Waals surface area contributed by atoms with Crippen LogP contribution in [0.4, 0.5) is 0 Å². The molecule has 0 amide bonds. The number of hydrogen-bond donors (Lipinski definition) is 0. The first-order valence-electron chi connectivity index (χ1n) is 6.81. The fourth-order valence-corrected chi connectivity index (χ4v) is 2.29. The number of esters is 1. The number of carbonyl (C=O) groups is 1. The van der Waals surface area contributed by atoms with Gasteiger partial charge in [0.1, 0.15) is 12.3 Å². The summed E-state index contributed by atoms with van der Waals surface area (Å²) in [5.41, 5.74) is 1.41. The summed E-state index contributed by atoms with van der Waals surface area (Å²) in [4.78, 5) is 11.7. The van der Waals surface area contributed by atoms with Crippen molar-refractivity contribution in [3.05, 3.63) is 70.5 Å². The molecule has 0 aliphatic rings. The lowest BCUT2D eigenvalue weighted by molar-refractivity contribution is -0.139. The van der Waals surface area contributed by atoms with E-state index in [-0.39, 0.29) is 6.61 Å². The summed E-state index contributed by atoms with van der Waals surface area (Å²) in [5, 5.41) is 3.83. The van der Waals surface area contributed by atoms with E-state index in [0.717, 1.165) is 10.0 Å². The fourth-order valence-electron chi connectivity index (χ4n) is 1.88. The summed E-state index contributed by atoms with van der Waals surface area (Å²) in [6, 6.07) is 12.8. The predicted molar refractivity (Wildman–Crippen MR) is 87.2 cm³/mol. The van der Waals surface area contributed by atoms with Crippen molar-refractivity contribution in [3.8, 4) is 11.5 Å². The maximum atomic E-state index is 11.7. The van der Waals surface area contributed by atoms with Crippen molar-refractivity contribution < 1.29 is 18.5 Å². The summed E-state index contributed by atoms with van der Waals surface area (Å²) < 4.78 is 16.4. The van der Waals surface area contributed by atoms with Crippen LogP contribution in [0, 0.1) is 0 Å². The Bertz CT molecular complexity index is 821. The number of rotatable bonds is 5. The van der Waals surface area contributed by atoms with Crippen molar-refractivity contribution in [1.82, 2.24) is 5.16 Å². The quantitative estimate of drug-likeness (QED) is 0.488. The first-order chi connectivity index (χ1) is 11.2. The van der Waals surface area contributed by atoms with Gasteiger partial charge < -0.3 is 13.7 Å². The molecule has 0 saturated carbocycles. The lowest BCUT2D eigenvalue weighted by atomic mass is 10.2. The van der Waals surface area contributed by atoms with E-state index in [0.29, 0.717) is 17.2 Å². The zero-order valence-electron chi connectivity index (χ0n) is 11.9. The third kappa shape index (κ3) is 3.98. The number of nitrogens with zero attached hydrogens (tertiary/aromatic N) is 1. The average Bonchev–Trinajstić information content (AvgIpc) is 3.23. The Balaban J connectivity index is 1.56. The molecule has 0 spiro atoms. The highest BCUT2D eigenvalue weighted by molar-refractivity contribution is 9.10. The van der Waals surface area contributed by atoms with E-state index < -0.39 is 5.97 Å². The summed E-state index contributed by atoms with van der Waals surface area (Å²) in [6.45, 7) is 0.0311. The number of furan rings is 1. The van der Waals surface area contributed by atoms with Crippen molar-refractivity contribution in [3.63, 3.8) is 0 Å². The normalized spacial score (nSPS) is 11.0. The van der Waals surface area contributed by atoms with Crippen LogP contribution in [-0.2, 0) is 16.1 Å². The van der Waals surface area contributed by atoms with Crippen molar-refractivity contribution in [2.45, 2.75) is 6.61 Å². The first kappa shape index (κ1) is 15.3. The van der Waals surface area contributed by atoms with E-state index in [1.165, 1.54) is 6.08 Å². The van der Waals surface area contributed by atoms with E-state index in [4.69, 9.17) is 13.7 Å². The molecule has 3 rings (SSSR count). The van der Waals surface area contributed by atoms with Crippen LogP contribution in [0.15, 0.2) is 68.2 Å². The molecule has 0 radical (unpaired) electrons. The third-order valence-electron chi connectivity index (χ3n) is 2.99. The largest absolute Gasteiger partial charge is 0.461 e. The zero-order chi connectivity index (χ0) is 16.1. The molecule has 0 fully saturated rings. The molecular weight excluding hydrogens is 362 g/mol. The second-order valence-electron chi connectivity index (χ2n) is 4.62. The summed E-state index contributed by atoms with van der Waals surface area (Å²) in [7, 11) is 0. The SMILES string of the molecule is O=C(/C=C/c1ccccc1Br)OCc1cc(-c2ccco2)on1. The number of ether oxygens (including phenoxy) is 1. The van der Waals surface area contributed by atoms with Crippen LogP contribution in [0.2, 0.25) is 0 Å². The Kier molecular flexibility index (Phi) is 4.73. The molecule has 0 atom stereocenters. The molecule has 5 nitrogen and oxygen atoms in total. The van der Waals surface area contributed by atoms with Gasteiger partial charge in [0.25, 0.3) is 0 Å². The topological polar surface area (TPSA) is 65.5 Å². The molecule has 0 unspecified atom stereocenters. The Morgan fingerprint density at radius 3 is 2.87 bits per heavy atom. The molecular formula is C17H12BrNO4. The van der Waals surface area contributed by atoms with Crippen molar-refractivity contribution in [2.24, 2.45) is 0 Å². The number of hydrogen-bond acceptors (Lipinski definition) is 5. The van der Waals surface area contributed by atoms with Crippen LogP contribution >= 0.6 is 15.9 Å². The summed E-state index contributed by atoms with van der Waals surface area (Å²) in [6.07, 6.45) is 4.60. The molecule has 0 aliphatic heterocycles. The van der Waals surface area contributed by atoms with E-state index in [1.807, 2.05) is 24.3 Å². The monoisotopic (exact) mass is 373 g/mol. The standard InChI is InChI=1S/C17H12BrNO4/c18-14-5-2-1-4-12(14)7-8-17(20)22-11-13-10-16(23-19-13)15-6-3-9-21-15/h1-10H,11H2/b8-7+. The van der Waals surface area contributed by atoms with E-state index in [1.54, 1.807) is 30.5 Å². The molecule has 0 N–H and O–H groups in total. The molecule has 2 aromatic heterocycles. The minimum atomic E-state index is -0.455. The highest BCUT2D eigenvalue weighted by atomic mass is 79.9. The van der Waals surface area contributed by atoms with Crippen LogP contribution in [0.1, 0.15) is 11.3 Å². The molecule has 6 heteroatoms. The lowest BCUT2D eigenvalue weighted by Crippen LogP contribution is -2.00. The van der Waals surface area contributed by atoms with Crippen LogP contribution in [-0.4, -0.2) is 11.1 Å². The van der Waals surface area contributed by atoms with Gasteiger partial charge in [0.15, 0.2) is 5.76 Å². The van der Waals surface area contributed by atoms with Gasteiger partial charge in [-0.2, -0.15) is 0 Å². The zero-order valence-corrected chi connectivity index (χ0v) is 13.5. The molecule has 0 aliphatic carbocycles. The molecule has 116 valence electrons. The number of aromatic nitrogens is 1. The van der Waals surface area contributed by atoms with Crippen molar-refractivity contribution in [1.29, 1.82) is 0 Å². The van der Waals surface area contributed by atoms with Gasteiger partial charge in [-0.3, -0.25) is 0 Å².